The molecule has 24 heavy (non-hydrogen) atoms. The Morgan fingerprint density at radius 1 is 1.12 bits per heavy atom. The molecule has 0 saturated carbocycles. The first-order valence-corrected chi connectivity index (χ1v) is 8.31. The molecule has 0 bridgehead atoms. The van der Waals surface area contributed by atoms with Crippen LogP contribution in [0.2, 0.25) is 0 Å². The molecule has 0 saturated heterocycles. The Hall–Kier alpha value is -2.39. The third-order valence-corrected chi connectivity index (χ3v) is 4.41. The average Bonchev–Trinajstić information content (AvgIpc) is 2.56. The first-order chi connectivity index (χ1) is 11.4. The number of hydrogen-bond acceptors (Lipinski definition) is 1. The standard InChI is InChI=1S/C21H26N2O/c1-4-15-23(2,3)16-14-20(21(22)24)19-13-9-8-12-18(19)17-10-6-5-7-11-17/h4-13,20H,1,14-16H2,2-3H3,(H-,22,24)/p+1. The van der Waals surface area contributed by atoms with Crippen LogP contribution < -0.4 is 5.73 Å². The fourth-order valence-electron chi connectivity index (χ4n) is 3.05. The SMILES string of the molecule is C=CC[N+](C)(C)CCC(C(N)=O)c1ccccc1-c1ccccc1. The lowest BCUT2D eigenvalue weighted by atomic mass is 9.88. The van der Waals surface area contributed by atoms with Gasteiger partial charge in [0.1, 0.15) is 0 Å². The zero-order valence-electron chi connectivity index (χ0n) is 14.6. The van der Waals surface area contributed by atoms with Crippen molar-refractivity contribution in [2.24, 2.45) is 5.73 Å². The molecule has 1 amide bonds. The number of benzene rings is 2. The number of carbonyl (C=O) groups is 1. The van der Waals surface area contributed by atoms with Gasteiger partial charge in [-0.05, 0) is 22.8 Å². The van der Waals surface area contributed by atoms with Gasteiger partial charge in [-0.25, -0.2) is 0 Å². The predicted octanol–water partition coefficient (Wildman–Crippen LogP) is 3.58. The largest absolute Gasteiger partial charge is 0.369 e. The molecule has 3 heteroatoms. The summed E-state index contributed by atoms with van der Waals surface area (Å²) in [6.45, 7) is 5.54. The maximum atomic E-state index is 12.2. The fourth-order valence-corrected chi connectivity index (χ4v) is 3.05. The van der Waals surface area contributed by atoms with E-state index >= 15 is 0 Å². The number of nitrogens with two attached hydrogens (primary N) is 1. The second-order valence-corrected chi connectivity index (χ2v) is 6.83. The Bertz CT molecular complexity index is 692. The van der Waals surface area contributed by atoms with Crippen molar-refractivity contribution in [2.45, 2.75) is 12.3 Å². The molecular weight excluding hydrogens is 296 g/mol. The van der Waals surface area contributed by atoms with Crippen molar-refractivity contribution in [2.75, 3.05) is 27.2 Å². The van der Waals surface area contributed by atoms with E-state index in [-0.39, 0.29) is 11.8 Å². The molecule has 0 fully saturated rings. The topological polar surface area (TPSA) is 43.1 Å². The molecule has 0 aliphatic rings. The number of primary amides is 1. The van der Waals surface area contributed by atoms with E-state index in [4.69, 9.17) is 5.73 Å². The minimum Gasteiger partial charge on any atom is -0.369 e. The molecule has 2 aromatic rings. The normalized spacial score (nSPS) is 12.6. The van der Waals surface area contributed by atoms with Crippen molar-refractivity contribution >= 4 is 5.91 Å². The van der Waals surface area contributed by atoms with Gasteiger partial charge in [0.15, 0.2) is 0 Å². The first kappa shape index (κ1) is 18.0. The van der Waals surface area contributed by atoms with E-state index in [1.807, 2.05) is 42.5 Å². The molecular formula is C21H27N2O+. The van der Waals surface area contributed by atoms with E-state index in [9.17, 15) is 4.79 Å². The molecule has 1 unspecified atom stereocenters. The Morgan fingerprint density at radius 3 is 2.38 bits per heavy atom. The highest BCUT2D eigenvalue weighted by Gasteiger charge is 2.24. The monoisotopic (exact) mass is 323 g/mol. The highest BCUT2D eigenvalue weighted by molar-refractivity contribution is 5.85. The maximum absolute atomic E-state index is 12.2. The van der Waals surface area contributed by atoms with Crippen molar-refractivity contribution in [1.29, 1.82) is 0 Å². The van der Waals surface area contributed by atoms with Gasteiger partial charge in [0.05, 0.1) is 33.1 Å². The van der Waals surface area contributed by atoms with Crippen LogP contribution in [0.5, 0.6) is 0 Å². The molecule has 0 heterocycles. The zero-order chi connectivity index (χ0) is 17.6. The summed E-state index contributed by atoms with van der Waals surface area (Å²) in [5.74, 6) is -0.555. The number of likely N-dealkylation sites (N-methyl/N-ethyl adjacent to an activating group) is 1. The molecule has 3 nitrogen and oxygen atoms in total. The van der Waals surface area contributed by atoms with Crippen molar-refractivity contribution in [1.82, 2.24) is 0 Å². The molecule has 0 radical (unpaired) electrons. The summed E-state index contributed by atoms with van der Waals surface area (Å²) in [5.41, 5.74) is 8.95. The lowest BCUT2D eigenvalue weighted by molar-refractivity contribution is -0.884. The number of quaternary nitrogens is 1. The van der Waals surface area contributed by atoms with E-state index in [1.54, 1.807) is 0 Å². The van der Waals surface area contributed by atoms with E-state index in [0.717, 1.165) is 40.7 Å². The van der Waals surface area contributed by atoms with Gasteiger partial charge >= 0.3 is 0 Å². The average molecular weight is 323 g/mol. The van der Waals surface area contributed by atoms with Gasteiger partial charge in [0.25, 0.3) is 0 Å². The predicted molar refractivity (Wildman–Crippen MR) is 100 cm³/mol. The molecule has 2 aromatic carbocycles. The van der Waals surface area contributed by atoms with E-state index in [0.29, 0.717) is 0 Å². The zero-order valence-corrected chi connectivity index (χ0v) is 14.6. The fraction of sp³-hybridized carbons (Fsp3) is 0.286. The Morgan fingerprint density at radius 2 is 1.75 bits per heavy atom. The molecule has 0 spiro atoms. The molecule has 2 rings (SSSR count). The van der Waals surface area contributed by atoms with Crippen LogP contribution in [0.25, 0.3) is 11.1 Å². The number of nitrogens with zero attached hydrogens (tertiary/aromatic N) is 1. The van der Waals surface area contributed by atoms with E-state index in [1.165, 1.54) is 0 Å². The maximum Gasteiger partial charge on any atom is 0.225 e. The number of amides is 1. The summed E-state index contributed by atoms with van der Waals surface area (Å²) in [7, 11) is 4.28. The molecule has 0 aliphatic carbocycles. The number of rotatable bonds is 8. The van der Waals surface area contributed by atoms with Crippen LogP contribution in [0.1, 0.15) is 17.9 Å². The smallest absolute Gasteiger partial charge is 0.225 e. The van der Waals surface area contributed by atoms with Gasteiger partial charge < -0.3 is 10.2 Å². The van der Waals surface area contributed by atoms with Gasteiger partial charge in [-0.1, -0.05) is 61.2 Å². The minimum absolute atomic E-state index is 0.267. The van der Waals surface area contributed by atoms with Crippen molar-refractivity contribution in [3.05, 3.63) is 72.8 Å². The Labute approximate surface area is 145 Å². The van der Waals surface area contributed by atoms with Gasteiger partial charge in [0.2, 0.25) is 5.91 Å². The highest BCUT2D eigenvalue weighted by Crippen LogP contribution is 2.31. The van der Waals surface area contributed by atoms with Crippen molar-refractivity contribution < 1.29 is 9.28 Å². The van der Waals surface area contributed by atoms with Crippen molar-refractivity contribution in [3.63, 3.8) is 0 Å². The van der Waals surface area contributed by atoms with Crippen LogP contribution in [0.4, 0.5) is 0 Å². The lowest BCUT2D eigenvalue weighted by Gasteiger charge is -2.30. The van der Waals surface area contributed by atoms with Gasteiger partial charge in [-0.3, -0.25) is 4.79 Å². The number of carbonyl (C=O) groups excluding carboxylic acids is 1. The number of hydrogen-bond donors (Lipinski definition) is 1. The molecule has 1 atom stereocenters. The summed E-state index contributed by atoms with van der Waals surface area (Å²) in [6, 6.07) is 18.2. The molecule has 126 valence electrons. The summed E-state index contributed by atoms with van der Waals surface area (Å²) >= 11 is 0. The van der Waals surface area contributed by atoms with Gasteiger partial charge in [-0.2, -0.15) is 0 Å². The van der Waals surface area contributed by atoms with Gasteiger partial charge in [0, 0.05) is 6.42 Å². The second-order valence-electron chi connectivity index (χ2n) is 6.83. The third-order valence-electron chi connectivity index (χ3n) is 4.41. The van der Waals surface area contributed by atoms with E-state index < -0.39 is 0 Å². The molecule has 2 N–H and O–H groups in total. The van der Waals surface area contributed by atoms with Gasteiger partial charge in [-0.15, -0.1) is 0 Å². The lowest BCUT2D eigenvalue weighted by Crippen LogP contribution is -2.41. The quantitative estimate of drug-likeness (QED) is 0.586. The summed E-state index contributed by atoms with van der Waals surface area (Å²) in [4.78, 5) is 12.2. The van der Waals surface area contributed by atoms with Crippen LogP contribution in [-0.4, -0.2) is 37.6 Å². The highest BCUT2D eigenvalue weighted by atomic mass is 16.1. The molecule has 0 aromatic heterocycles. The van der Waals surface area contributed by atoms with Crippen LogP contribution in [0.15, 0.2) is 67.3 Å². The van der Waals surface area contributed by atoms with E-state index in [2.05, 4.69) is 38.9 Å². The first-order valence-electron chi connectivity index (χ1n) is 8.31. The summed E-state index contributed by atoms with van der Waals surface area (Å²) < 4.78 is 0.792. The Kier molecular flexibility index (Phi) is 5.93. The minimum atomic E-state index is -0.288. The second kappa shape index (κ2) is 7.93. The Balaban J connectivity index is 2.32. The summed E-state index contributed by atoms with van der Waals surface area (Å²) in [6.07, 6.45) is 2.64. The van der Waals surface area contributed by atoms with Crippen LogP contribution >= 0.6 is 0 Å². The van der Waals surface area contributed by atoms with Crippen molar-refractivity contribution in [3.8, 4) is 11.1 Å². The molecule has 0 aliphatic heterocycles. The summed E-state index contributed by atoms with van der Waals surface area (Å²) in [5, 5.41) is 0. The third kappa shape index (κ3) is 4.56. The van der Waals surface area contributed by atoms with Crippen LogP contribution in [0.3, 0.4) is 0 Å². The van der Waals surface area contributed by atoms with Crippen LogP contribution in [0, 0.1) is 0 Å². The van der Waals surface area contributed by atoms with Crippen LogP contribution in [-0.2, 0) is 4.79 Å².